The van der Waals surface area contributed by atoms with Gasteiger partial charge in [0.15, 0.2) is 0 Å². The Morgan fingerprint density at radius 2 is 1.81 bits per heavy atom. The minimum absolute atomic E-state index is 0.00303. The third-order valence-corrected chi connectivity index (χ3v) is 3.79. The number of methoxy groups -OCH3 is 1. The van der Waals surface area contributed by atoms with Crippen LogP contribution in [0.2, 0.25) is 0 Å². The second-order valence-corrected chi connectivity index (χ2v) is 5.50. The summed E-state index contributed by atoms with van der Waals surface area (Å²) in [5.74, 6) is -1.65. The third-order valence-electron chi connectivity index (χ3n) is 3.79. The maximum Gasteiger partial charge on any atom is 0.248 e. The van der Waals surface area contributed by atoms with Gasteiger partial charge in [-0.05, 0) is 30.5 Å². The van der Waals surface area contributed by atoms with Gasteiger partial charge in [0.25, 0.3) is 0 Å². The second kappa shape index (κ2) is 7.71. The average Bonchev–Trinajstić information content (AvgIpc) is 2.48. The first-order valence-electron chi connectivity index (χ1n) is 7.41. The van der Waals surface area contributed by atoms with E-state index in [0.717, 1.165) is 11.3 Å². The van der Waals surface area contributed by atoms with Crippen molar-refractivity contribution in [3.63, 3.8) is 0 Å². The van der Waals surface area contributed by atoms with Crippen LogP contribution in [0.15, 0.2) is 24.3 Å². The third kappa shape index (κ3) is 5.59. The summed E-state index contributed by atoms with van der Waals surface area (Å²) in [4.78, 5) is 0. The maximum atomic E-state index is 13.1. The van der Waals surface area contributed by atoms with Gasteiger partial charge in [-0.2, -0.15) is 0 Å². The van der Waals surface area contributed by atoms with E-state index in [9.17, 15) is 8.78 Å². The summed E-state index contributed by atoms with van der Waals surface area (Å²) in [5.41, 5.74) is 1.13. The van der Waals surface area contributed by atoms with Crippen molar-refractivity contribution < 1.29 is 18.3 Å². The fraction of sp³-hybridized carbons (Fsp3) is 0.625. The average molecular weight is 299 g/mol. The van der Waals surface area contributed by atoms with Crippen molar-refractivity contribution in [1.29, 1.82) is 0 Å². The summed E-state index contributed by atoms with van der Waals surface area (Å²) in [6, 6.07) is 8.02. The van der Waals surface area contributed by atoms with Crippen molar-refractivity contribution in [1.82, 2.24) is 5.32 Å². The van der Waals surface area contributed by atoms with Gasteiger partial charge < -0.3 is 14.8 Å². The Morgan fingerprint density at radius 3 is 2.43 bits per heavy atom. The van der Waals surface area contributed by atoms with Gasteiger partial charge in [-0.15, -0.1) is 0 Å². The van der Waals surface area contributed by atoms with Crippen molar-refractivity contribution in [2.75, 3.05) is 20.3 Å². The number of halogens is 2. The summed E-state index contributed by atoms with van der Waals surface area (Å²) >= 11 is 0. The van der Waals surface area contributed by atoms with E-state index in [2.05, 4.69) is 5.32 Å². The van der Waals surface area contributed by atoms with Gasteiger partial charge in [0.1, 0.15) is 12.4 Å². The highest BCUT2D eigenvalue weighted by atomic mass is 19.3. The van der Waals surface area contributed by atoms with Crippen LogP contribution in [-0.4, -0.2) is 32.3 Å². The van der Waals surface area contributed by atoms with Gasteiger partial charge >= 0.3 is 0 Å². The lowest BCUT2D eigenvalue weighted by molar-refractivity contribution is -0.0405. The molecule has 1 N–H and O–H groups in total. The molecule has 0 aliphatic heterocycles. The molecule has 0 atom stereocenters. The molecule has 0 saturated heterocycles. The topological polar surface area (TPSA) is 30.5 Å². The van der Waals surface area contributed by atoms with Gasteiger partial charge in [0, 0.05) is 32.5 Å². The molecule has 1 aliphatic rings. The van der Waals surface area contributed by atoms with E-state index in [-0.39, 0.29) is 18.9 Å². The van der Waals surface area contributed by atoms with E-state index in [4.69, 9.17) is 9.47 Å². The molecule has 0 unspecified atom stereocenters. The quantitative estimate of drug-likeness (QED) is 0.783. The fourth-order valence-corrected chi connectivity index (χ4v) is 2.45. The maximum absolute atomic E-state index is 13.1. The Hall–Kier alpha value is -1.20. The van der Waals surface area contributed by atoms with Gasteiger partial charge in [-0.3, -0.25) is 0 Å². The number of ether oxygens (including phenoxy) is 2. The highest BCUT2D eigenvalue weighted by molar-refractivity contribution is 5.27. The molecule has 3 nitrogen and oxygen atoms in total. The predicted molar refractivity (Wildman–Crippen MR) is 77.9 cm³/mol. The lowest BCUT2D eigenvalue weighted by Crippen LogP contribution is -2.36. The number of rotatable bonds is 7. The van der Waals surface area contributed by atoms with Crippen LogP contribution in [0, 0.1) is 0 Å². The van der Waals surface area contributed by atoms with E-state index >= 15 is 0 Å². The van der Waals surface area contributed by atoms with Crippen LogP contribution < -0.4 is 10.1 Å². The number of benzene rings is 1. The van der Waals surface area contributed by atoms with Crippen LogP contribution >= 0.6 is 0 Å². The van der Waals surface area contributed by atoms with Crippen molar-refractivity contribution in [3.05, 3.63) is 29.8 Å². The first-order valence-corrected chi connectivity index (χ1v) is 7.41. The molecule has 0 heterocycles. The SMILES string of the molecule is COCCOc1ccc(CNC2CCC(F)(F)CC2)cc1. The van der Waals surface area contributed by atoms with E-state index in [0.29, 0.717) is 32.6 Å². The summed E-state index contributed by atoms with van der Waals surface area (Å²) in [6.45, 7) is 1.80. The Morgan fingerprint density at radius 1 is 1.14 bits per heavy atom. The van der Waals surface area contributed by atoms with Crippen LogP contribution in [0.1, 0.15) is 31.2 Å². The molecule has 1 fully saturated rings. The summed E-state index contributed by atoms with van der Waals surface area (Å²) in [7, 11) is 1.64. The molecule has 0 spiro atoms. The Bertz CT molecular complexity index is 413. The summed E-state index contributed by atoms with van der Waals surface area (Å²) in [5, 5.41) is 3.35. The molecular weight excluding hydrogens is 276 g/mol. The molecule has 0 amide bonds. The lowest BCUT2D eigenvalue weighted by Gasteiger charge is -2.28. The van der Waals surface area contributed by atoms with Crippen LogP contribution in [0.25, 0.3) is 0 Å². The standard InChI is InChI=1S/C16H23F2NO2/c1-20-10-11-21-15-4-2-13(3-5-15)12-19-14-6-8-16(17,18)9-7-14/h2-5,14,19H,6-12H2,1H3. The van der Waals surface area contributed by atoms with E-state index in [1.807, 2.05) is 24.3 Å². The molecule has 2 rings (SSSR count). The van der Waals surface area contributed by atoms with E-state index in [1.54, 1.807) is 7.11 Å². The number of alkyl halides is 2. The Kier molecular flexibility index (Phi) is 5.94. The summed E-state index contributed by atoms with van der Waals surface area (Å²) in [6.07, 6.45) is 1.09. The van der Waals surface area contributed by atoms with Gasteiger partial charge in [-0.1, -0.05) is 12.1 Å². The lowest BCUT2D eigenvalue weighted by atomic mass is 9.92. The fourth-order valence-electron chi connectivity index (χ4n) is 2.45. The molecular formula is C16H23F2NO2. The molecule has 0 aromatic heterocycles. The predicted octanol–water partition coefficient (Wildman–Crippen LogP) is 3.38. The second-order valence-electron chi connectivity index (χ2n) is 5.50. The number of hydrogen-bond acceptors (Lipinski definition) is 3. The van der Waals surface area contributed by atoms with Crippen molar-refractivity contribution in [3.8, 4) is 5.75 Å². The monoisotopic (exact) mass is 299 g/mol. The first kappa shape index (κ1) is 16.2. The summed E-state index contributed by atoms with van der Waals surface area (Å²) < 4.78 is 36.5. The largest absolute Gasteiger partial charge is 0.491 e. The zero-order chi connectivity index (χ0) is 15.1. The van der Waals surface area contributed by atoms with Crippen LogP contribution in [0.4, 0.5) is 8.78 Å². The molecule has 1 aromatic carbocycles. The Balaban J connectivity index is 1.71. The van der Waals surface area contributed by atoms with Crippen LogP contribution in [0.3, 0.4) is 0 Å². The van der Waals surface area contributed by atoms with Crippen molar-refractivity contribution in [2.45, 2.75) is 44.2 Å². The smallest absolute Gasteiger partial charge is 0.248 e. The molecule has 1 aromatic rings. The molecule has 1 saturated carbocycles. The molecule has 0 bridgehead atoms. The molecule has 21 heavy (non-hydrogen) atoms. The molecule has 118 valence electrons. The first-order chi connectivity index (χ1) is 10.1. The normalized spacial score (nSPS) is 18.6. The van der Waals surface area contributed by atoms with Crippen LogP contribution in [0.5, 0.6) is 5.75 Å². The molecule has 1 aliphatic carbocycles. The minimum Gasteiger partial charge on any atom is -0.491 e. The molecule has 0 radical (unpaired) electrons. The zero-order valence-electron chi connectivity index (χ0n) is 12.4. The van der Waals surface area contributed by atoms with Gasteiger partial charge in [0.05, 0.1) is 6.61 Å². The highest BCUT2D eigenvalue weighted by Gasteiger charge is 2.34. The van der Waals surface area contributed by atoms with Crippen LogP contribution in [-0.2, 0) is 11.3 Å². The van der Waals surface area contributed by atoms with Crippen molar-refractivity contribution in [2.24, 2.45) is 0 Å². The van der Waals surface area contributed by atoms with E-state index in [1.165, 1.54) is 0 Å². The van der Waals surface area contributed by atoms with Gasteiger partial charge in [0.2, 0.25) is 5.92 Å². The van der Waals surface area contributed by atoms with Crippen molar-refractivity contribution >= 4 is 0 Å². The zero-order valence-corrected chi connectivity index (χ0v) is 12.4. The van der Waals surface area contributed by atoms with Gasteiger partial charge in [-0.25, -0.2) is 8.78 Å². The number of hydrogen-bond donors (Lipinski definition) is 1. The molecule has 5 heteroatoms. The minimum atomic E-state index is -2.46. The van der Waals surface area contributed by atoms with E-state index < -0.39 is 5.92 Å². The Labute approximate surface area is 124 Å². The highest BCUT2D eigenvalue weighted by Crippen LogP contribution is 2.33. The number of nitrogens with one attached hydrogen (secondary N) is 1.